The molecule has 5 N–H and O–H groups in total. The van der Waals surface area contributed by atoms with E-state index < -0.39 is 5.91 Å². The number of nitrogens with two attached hydrogens (primary N) is 2. The highest BCUT2D eigenvalue weighted by Crippen LogP contribution is 2.20. The maximum atomic E-state index is 12.8. The standard InChI is InChI=1S/C26H30N6O4/c27-15-22-24(25(28)33)31-23(17-29-22)19-4-2-5-20(14-19)26(34)30-16-18-3-1-6-21(13-18)36-12-9-32-7-10-35-11-8-32/h1-6,13-14,17H,7-12,15-16,27H2,(H2,28,33)(H,30,34). The van der Waals surface area contributed by atoms with Crippen LogP contribution >= 0.6 is 0 Å². The number of rotatable bonds is 10. The van der Waals surface area contributed by atoms with E-state index in [1.165, 1.54) is 6.20 Å². The second kappa shape index (κ2) is 12.2. The molecule has 0 spiro atoms. The highest BCUT2D eigenvalue weighted by molar-refractivity contribution is 5.95. The Morgan fingerprint density at radius 1 is 1.11 bits per heavy atom. The summed E-state index contributed by atoms with van der Waals surface area (Å²) in [6.07, 6.45) is 1.51. The molecule has 2 amide bonds. The predicted molar refractivity (Wildman–Crippen MR) is 134 cm³/mol. The fourth-order valence-electron chi connectivity index (χ4n) is 3.87. The summed E-state index contributed by atoms with van der Waals surface area (Å²) in [7, 11) is 0. The average Bonchev–Trinajstić information content (AvgIpc) is 2.92. The van der Waals surface area contributed by atoms with Crippen LogP contribution in [0.5, 0.6) is 5.75 Å². The van der Waals surface area contributed by atoms with Gasteiger partial charge in [0.2, 0.25) is 0 Å². The van der Waals surface area contributed by atoms with Gasteiger partial charge in [-0.15, -0.1) is 0 Å². The van der Waals surface area contributed by atoms with Gasteiger partial charge in [0.25, 0.3) is 11.8 Å². The number of morpholine rings is 1. The van der Waals surface area contributed by atoms with Gasteiger partial charge in [0.05, 0.1) is 30.8 Å². The first-order valence-electron chi connectivity index (χ1n) is 11.8. The molecule has 0 radical (unpaired) electrons. The van der Waals surface area contributed by atoms with Crippen LogP contribution in [-0.2, 0) is 17.8 Å². The van der Waals surface area contributed by atoms with Gasteiger partial charge in [-0.1, -0.05) is 24.3 Å². The van der Waals surface area contributed by atoms with Crippen LogP contribution in [0.1, 0.15) is 32.1 Å². The van der Waals surface area contributed by atoms with Crippen LogP contribution in [-0.4, -0.2) is 66.1 Å². The van der Waals surface area contributed by atoms with Crippen molar-refractivity contribution in [3.05, 3.63) is 77.2 Å². The summed E-state index contributed by atoms with van der Waals surface area (Å²) < 4.78 is 11.3. The van der Waals surface area contributed by atoms with E-state index in [0.29, 0.717) is 35.7 Å². The second-order valence-electron chi connectivity index (χ2n) is 8.33. The lowest BCUT2D eigenvalue weighted by molar-refractivity contribution is 0.0322. The topological polar surface area (TPSA) is 146 Å². The monoisotopic (exact) mass is 490 g/mol. The molecule has 2 heterocycles. The Bertz CT molecular complexity index is 1210. The number of benzene rings is 2. The molecular weight excluding hydrogens is 460 g/mol. The van der Waals surface area contributed by atoms with Gasteiger partial charge in [-0.3, -0.25) is 19.5 Å². The van der Waals surface area contributed by atoms with Crippen molar-refractivity contribution in [3.8, 4) is 17.0 Å². The number of hydrogen-bond acceptors (Lipinski definition) is 8. The first-order valence-corrected chi connectivity index (χ1v) is 11.8. The molecule has 1 aliphatic heterocycles. The predicted octanol–water partition coefficient (Wildman–Crippen LogP) is 1.34. The van der Waals surface area contributed by atoms with Crippen molar-refractivity contribution in [2.75, 3.05) is 39.5 Å². The first-order chi connectivity index (χ1) is 17.5. The maximum Gasteiger partial charge on any atom is 0.269 e. The van der Waals surface area contributed by atoms with Gasteiger partial charge in [0.1, 0.15) is 12.4 Å². The molecule has 188 valence electrons. The van der Waals surface area contributed by atoms with Gasteiger partial charge in [-0.05, 0) is 29.8 Å². The van der Waals surface area contributed by atoms with Crippen LogP contribution in [0.3, 0.4) is 0 Å². The molecular formula is C26H30N6O4. The summed E-state index contributed by atoms with van der Waals surface area (Å²) in [5.74, 6) is -0.176. The second-order valence-corrected chi connectivity index (χ2v) is 8.33. The molecule has 3 aromatic rings. The van der Waals surface area contributed by atoms with E-state index >= 15 is 0 Å². The van der Waals surface area contributed by atoms with E-state index in [-0.39, 0.29) is 18.1 Å². The van der Waals surface area contributed by atoms with E-state index in [2.05, 4.69) is 20.2 Å². The normalized spacial score (nSPS) is 13.8. The number of aromatic nitrogens is 2. The minimum atomic E-state index is -0.703. The lowest BCUT2D eigenvalue weighted by Gasteiger charge is -2.26. The molecule has 0 aliphatic carbocycles. The zero-order valence-corrected chi connectivity index (χ0v) is 20.0. The summed E-state index contributed by atoms with van der Waals surface area (Å²) in [5, 5.41) is 2.93. The van der Waals surface area contributed by atoms with Gasteiger partial charge in [0, 0.05) is 43.9 Å². The zero-order chi connectivity index (χ0) is 25.3. The van der Waals surface area contributed by atoms with Gasteiger partial charge < -0.3 is 26.3 Å². The fraction of sp³-hybridized carbons (Fsp3) is 0.308. The quantitative estimate of drug-likeness (QED) is 0.386. The van der Waals surface area contributed by atoms with E-state index in [4.69, 9.17) is 20.9 Å². The number of nitrogens with one attached hydrogen (secondary N) is 1. The molecule has 1 aromatic heterocycles. The Kier molecular flexibility index (Phi) is 8.56. The Balaban J connectivity index is 1.35. The van der Waals surface area contributed by atoms with Crippen molar-refractivity contribution >= 4 is 11.8 Å². The Morgan fingerprint density at radius 2 is 1.92 bits per heavy atom. The highest BCUT2D eigenvalue weighted by atomic mass is 16.5. The number of ether oxygens (including phenoxy) is 2. The molecule has 0 atom stereocenters. The average molecular weight is 491 g/mol. The Hall–Kier alpha value is -3.86. The zero-order valence-electron chi connectivity index (χ0n) is 20.0. The molecule has 1 saturated heterocycles. The Labute approximate surface area is 209 Å². The number of carbonyl (C=O) groups is 2. The summed E-state index contributed by atoms with van der Waals surface area (Å²) in [4.78, 5) is 35.3. The number of carbonyl (C=O) groups excluding carboxylic acids is 2. The lowest BCUT2D eigenvalue weighted by Crippen LogP contribution is -2.38. The molecule has 2 aromatic carbocycles. The van der Waals surface area contributed by atoms with Gasteiger partial charge in [0.15, 0.2) is 5.69 Å². The summed E-state index contributed by atoms with van der Waals surface area (Å²) >= 11 is 0. The molecule has 36 heavy (non-hydrogen) atoms. The van der Waals surface area contributed by atoms with Crippen LogP contribution in [0, 0.1) is 0 Å². The third-order valence-electron chi connectivity index (χ3n) is 5.83. The largest absolute Gasteiger partial charge is 0.492 e. The van der Waals surface area contributed by atoms with Crippen molar-refractivity contribution in [2.24, 2.45) is 11.5 Å². The number of primary amides is 1. The number of amides is 2. The van der Waals surface area contributed by atoms with E-state index in [9.17, 15) is 9.59 Å². The minimum absolute atomic E-state index is 0.0249. The molecule has 4 rings (SSSR count). The fourth-order valence-corrected chi connectivity index (χ4v) is 3.87. The van der Waals surface area contributed by atoms with Gasteiger partial charge in [-0.2, -0.15) is 0 Å². The smallest absolute Gasteiger partial charge is 0.269 e. The molecule has 1 aliphatic rings. The third kappa shape index (κ3) is 6.63. The van der Waals surface area contributed by atoms with E-state index in [1.807, 2.05) is 24.3 Å². The summed E-state index contributed by atoms with van der Waals surface area (Å²) in [5.41, 5.74) is 13.8. The van der Waals surface area contributed by atoms with E-state index in [0.717, 1.165) is 44.2 Å². The molecule has 0 saturated carbocycles. The number of hydrogen-bond donors (Lipinski definition) is 3. The van der Waals surface area contributed by atoms with Crippen molar-refractivity contribution in [1.82, 2.24) is 20.2 Å². The number of nitrogens with zero attached hydrogens (tertiary/aromatic N) is 3. The van der Waals surface area contributed by atoms with E-state index in [1.54, 1.807) is 24.3 Å². The molecule has 0 unspecified atom stereocenters. The highest BCUT2D eigenvalue weighted by Gasteiger charge is 2.14. The summed E-state index contributed by atoms with van der Waals surface area (Å²) in [6, 6.07) is 14.6. The van der Waals surface area contributed by atoms with Crippen LogP contribution in [0.25, 0.3) is 11.3 Å². The first kappa shape index (κ1) is 25.2. The SMILES string of the molecule is NCc1ncc(-c2cccc(C(=O)NCc3cccc(OCCN4CCOCC4)c3)c2)nc1C(N)=O. The Morgan fingerprint density at radius 3 is 2.69 bits per heavy atom. The maximum absolute atomic E-state index is 12.8. The van der Waals surface area contributed by atoms with Crippen molar-refractivity contribution in [2.45, 2.75) is 13.1 Å². The van der Waals surface area contributed by atoms with Crippen LogP contribution < -0.4 is 21.5 Å². The van der Waals surface area contributed by atoms with Crippen molar-refractivity contribution in [3.63, 3.8) is 0 Å². The van der Waals surface area contributed by atoms with Crippen molar-refractivity contribution in [1.29, 1.82) is 0 Å². The summed E-state index contributed by atoms with van der Waals surface area (Å²) in [6.45, 7) is 5.22. The van der Waals surface area contributed by atoms with Crippen LogP contribution in [0.15, 0.2) is 54.7 Å². The van der Waals surface area contributed by atoms with Gasteiger partial charge >= 0.3 is 0 Å². The molecule has 1 fully saturated rings. The van der Waals surface area contributed by atoms with Crippen molar-refractivity contribution < 1.29 is 19.1 Å². The molecule has 10 nitrogen and oxygen atoms in total. The van der Waals surface area contributed by atoms with Gasteiger partial charge in [-0.25, -0.2) is 4.98 Å². The third-order valence-corrected chi connectivity index (χ3v) is 5.83. The molecule has 0 bridgehead atoms. The lowest BCUT2D eigenvalue weighted by atomic mass is 10.1. The van der Waals surface area contributed by atoms with Crippen LogP contribution in [0.4, 0.5) is 0 Å². The minimum Gasteiger partial charge on any atom is -0.492 e. The molecule has 10 heteroatoms. The van der Waals surface area contributed by atoms with Crippen LogP contribution in [0.2, 0.25) is 0 Å².